The fourth-order valence-corrected chi connectivity index (χ4v) is 4.53. The molecule has 1 rings (SSSR count). The summed E-state index contributed by atoms with van der Waals surface area (Å²) in [6.45, 7) is 15.5. The van der Waals surface area contributed by atoms with Crippen LogP contribution in [0.3, 0.4) is 0 Å². The van der Waals surface area contributed by atoms with E-state index in [1.54, 1.807) is 0 Å². The molecular weight excluding hydrogens is 424 g/mol. The molecule has 0 spiro atoms. The molecule has 0 amide bonds. The monoisotopic (exact) mass is 474 g/mol. The molecule has 4 N–H and O–H groups in total. The summed E-state index contributed by atoms with van der Waals surface area (Å²) in [5, 5.41) is 41.9. The third-order valence-corrected chi connectivity index (χ3v) is 7.02. The lowest BCUT2D eigenvalue weighted by molar-refractivity contribution is 0.0430. The first-order valence-corrected chi connectivity index (χ1v) is 13.0. The molecule has 0 heterocycles. The van der Waals surface area contributed by atoms with E-state index < -0.39 is 11.2 Å². The van der Waals surface area contributed by atoms with E-state index >= 15 is 0 Å². The second kappa shape index (κ2) is 13.3. The minimum absolute atomic E-state index is 0.252. The van der Waals surface area contributed by atoms with E-state index in [0.717, 1.165) is 60.8 Å². The van der Waals surface area contributed by atoms with E-state index in [1.165, 1.54) is 11.1 Å². The van der Waals surface area contributed by atoms with Gasteiger partial charge in [-0.2, -0.15) is 0 Å². The smallest absolute Gasteiger partial charge is 0.122 e. The molecule has 0 saturated heterocycles. The van der Waals surface area contributed by atoms with Crippen molar-refractivity contribution in [1.82, 2.24) is 0 Å². The van der Waals surface area contributed by atoms with Crippen molar-refractivity contribution in [1.29, 1.82) is 0 Å². The predicted molar refractivity (Wildman–Crippen MR) is 144 cm³/mol. The number of rotatable bonds is 14. The molecule has 0 aliphatic heterocycles. The first-order chi connectivity index (χ1) is 15.7. The van der Waals surface area contributed by atoms with Gasteiger partial charge in [-0.05, 0) is 124 Å². The van der Waals surface area contributed by atoms with Gasteiger partial charge in [-0.3, -0.25) is 0 Å². The van der Waals surface area contributed by atoms with Crippen molar-refractivity contribution in [3.8, 4) is 11.5 Å². The van der Waals surface area contributed by atoms with Gasteiger partial charge >= 0.3 is 0 Å². The Bertz CT molecular complexity index is 825. The van der Waals surface area contributed by atoms with Crippen molar-refractivity contribution >= 4 is 0 Å². The largest absolute Gasteiger partial charge is 0.507 e. The van der Waals surface area contributed by atoms with Gasteiger partial charge in [0, 0.05) is 11.1 Å². The zero-order chi connectivity index (χ0) is 26.1. The minimum atomic E-state index is -0.834. The quantitative estimate of drug-likeness (QED) is 0.168. The van der Waals surface area contributed by atoms with Crippen LogP contribution < -0.4 is 0 Å². The highest BCUT2D eigenvalue weighted by Gasteiger charge is 2.23. The third-order valence-electron chi connectivity index (χ3n) is 7.02. The van der Waals surface area contributed by atoms with Gasteiger partial charge in [-0.1, -0.05) is 30.2 Å². The van der Waals surface area contributed by atoms with Crippen LogP contribution in [-0.2, 0) is 12.8 Å². The summed E-state index contributed by atoms with van der Waals surface area (Å²) < 4.78 is 0. The molecule has 194 valence electrons. The molecule has 1 aromatic carbocycles. The topological polar surface area (TPSA) is 80.9 Å². The van der Waals surface area contributed by atoms with E-state index in [1.807, 2.05) is 41.5 Å². The number of allylic oxidation sites excluding steroid dienone is 4. The summed E-state index contributed by atoms with van der Waals surface area (Å²) >= 11 is 0. The lowest BCUT2D eigenvalue weighted by Gasteiger charge is -2.24. The minimum Gasteiger partial charge on any atom is -0.507 e. The Morgan fingerprint density at radius 2 is 1.29 bits per heavy atom. The van der Waals surface area contributed by atoms with Crippen molar-refractivity contribution in [2.24, 2.45) is 0 Å². The molecule has 1 unspecified atom stereocenters. The maximum atomic E-state index is 10.9. The Morgan fingerprint density at radius 3 is 1.88 bits per heavy atom. The van der Waals surface area contributed by atoms with E-state index in [-0.39, 0.29) is 11.5 Å². The Kier molecular flexibility index (Phi) is 11.9. The zero-order valence-corrected chi connectivity index (χ0v) is 23.0. The fourth-order valence-electron chi connectivity index (χ4n) is 4.53. The van der Waals surface area contributed by atoms with Gasteiger partial charge in [0.1, 0.15) is 11.5 Å². The predicted octanol–water partition coefficient (Wildman–Crippen LogP) is 7.35. The Morgan fingerprint density at radius 1 is 0.765 bits per heavy atom. The molecule has 0 radical (unpaired) electrons. The zero-order valence-electron chi connectivity index (χ0n) is 23.0. The number of benzene rings is 1. The number of hydrogen-bond donors (Lipinski definition) is 4. The highest BCUT2D eigenvalue weighted by Crippen LogP contribution is 2.38. The Hall–Kier alpha value is -1.78. The molecule has 4 heteroatoms. The van der Waals surface area contributed by atoms with Gasteiger partial charge in [-0.25, -0.2) is 0 Å². The number of aliphatic hydroxyl groups is 2. The number of phenolic OH excluding ortho intramolecular Hbond substituents is 2. The summed E-state index contributed by atoms with van der Waals surface area (Å²) in [4.78, 5) is 0. The summed E-state index contributed by atoms with van der Waals surface area (Å²) in [6, 6.07) is 0. The molecule has 1 aromatic rings. The average Bonchev–Trinajstić information content (AvgIpc) is 2.71. The maximum Gasteiger partial charge on any atom is 0.122 e. The highest BCUT2D eigenvalue weighted by molar-refractivity contribution is 5.57. The van der Waals surface area contributed by atoms with Crippen LogP contribution in [0.1, 0.15) is 115 Å². The molecule has 0 aliphatic rings. The molecule has 0 fully saturated rings. The summed E-state index contributed by atoms with van der Waals surface area (Å²) in [5.74, 6) is 0.523. The van der Waals surface area contributed by atoms with Crippen molar-refractivity contribution in [2.75, 3.05) is 0 Å². The molecule has 0 bridgehead atoms. The molecular formula is C30H50O4. The van der Waals surface area contributed by atoms with E-state index in [9.17, 15) is 20.4 Å². The number of aromatic hydroxyl groups is 2. The SMILES string of the molecule is CCc1c(C)c(O)c(CCC(C)(O)CC/C=C(\C)CC/C=C(\C)CCCC(C)(C)O)c(C)c1O. The standard InChI is InChI=1S/C30H50O4/c1-9-25-23(4)28(32)26(24(5)27(25)31)17-20-30(8,34)19-12-16-22(3)14-10-13-21(2)15-11-18-29(6,7)33/h13,16,31-34H,9-12,14-15,17-20H2,1-8H3/b21-13+,22-16+. The molecule has 34 heavy (non-hydrogen) atoms. The summed E-state index contributed by atoms with van der Waals surface area (Å²) in [6.07, 6.45) is 12.6. The van der Waals surface area contributed by atoms with Crippen LogP contribution in [-0.4, -0.2) is 31.6 Å². The Balaban J connectivity index is 2.53. The third kappa shape index (κ3) is 10.2. The van der Waals surface area contributed by atoms with Gasteiger partial charge in [0.25, 0.3) is 0 Å². The van der Waals surface area contributed by atoms with Gasteiger partial charge in [-0.15, -0.1) is 0 Å². The normalized spacial score (nSPS) is 15.0. The van der Waals surface area contributed by atoms with Crippen LogP contribution in [0.25, 0.3) is 0 Å². The van der Waals surface area contributed by atoms with Crippen LogP contribution in [0, 0.1) is 13.8 Å². The van der Waals surface area contributed by atoms with Crippen LogP contribution in [0.15, 0.2) is 23.3 Å². The van der Waals surface area contributed by atoms with Crippen LogP contribution in [0.5, 0.6) is 11.5 Å². The fraction of sp³-hybridized carbons (Fsp3) is 0.667. The average molecular weight is 475 g/mol. The van der Waals surface area contributed by atoms with E-state index in [2.05, 4.69) is 26.0 Å². The van der Waals surface area contributed by atoms with Gasteiger partial charge in [0.15, 0.2) is 0 Å². The van der Waals surface area contributed by atoms with Gasteiger partial charge < -0.3 is 20.4 Å². The molecule has 0 saturated carbocycles. The molecule has 0 aromatic heterocycles. The van der Waals surface area contributed by atoms with E-state index in [4.69, 9.17) is 0 Å². The number of phenols is 2. The lowest BCUT2D eigenvalue weighted by atomic mass is 9.87. The summed E-state index contributed by atoms with van der Waals surface area (Å²) in [5.41, 5.74) is 4.29. The highest BCUT2D eigenvalue weighted by atomic mass is 16.3. The van der Waals surface area contributed by atoms with E-state index in [0.29, 0.717) is 25.7 Å². The van der Waals surface area contributed by atoms with Crippen molar-refractivity contribution in [2.45, 2.75) is 131 Å². The second-order valence-electron chi connectivity index (χ2n) is 11.1. The molecule has 1 atom stereocenters. The van der Waals surface area contributed by atoms with Crippen molar-refractivity contribution in [3.63, 3.8) is 0 Å². The van der Waals surface area contributed by atoms with Crippen LogP contribution in [0.4, 0.5) is 0 Å². The maximum absolute atomic E-state index is 10.9. The van der Waals surface area contributed by atoms with Crippen molar-refractivity contribution < 1.29 is 20.4 Å². The van der Waals surface area contributed by atoms with Gasteiger partial charge in [0.05, 0.1) is 11.2 Å². The second-order valence-corrected chi connectivity index (χ2v) is 11.1. The summed E-state index contributed by atoms with van der Waals surface area (Å²) in [7, 11) is 0. The van der Waals surface area contributed by atoms with Crippen LogP contribution >= 0.6 is 0 Å². The van der Waals surface area contributed by atoms with Gasteiger partial charge in [0.2, 0.25) is 0 Å². The Labute approximate surface area is 208 Å². The first-order valence-electron chi connectivity index (χ1n) is 13.0. The molecule has 4 nitrogen and oxygen atoms in total. The number of hydrogen-bond acceptors (Lipinski definition) is 4. The van der Waals surface area contributed by atoms with Crippen LogP contribution in [0.2, 0.25) is 0 Å². The first kappa shape index (κ1) is 30.3. The molecule has 0 aliphatic carbocycles. The lowest BCUT2D eigenvalue weighted by Crippen LogP contribution is -2.24. The van der Waals surface area contributed by atoms with Crippen molar-refractivity contribution in [3.05, 3.63) is 45.6 Å².